The highest BCUT2D eigenvalue weighted by atomic mass is 35.5. The number of nitrogens with zero attached hydrogens (tertiary/aromatic N) is 1. The Morgan fingerprint density at radius 1 is 0.909 bits per heavy atom. The van der Waals surface area contributed by atoms with Crippen molar-refractivity contribution in [2.45, 2.75) is 6.54 Å². The van der Waals surface area contributed by atoms with E-state index in [2.05, 4.69) is 10.6 Å². The van der Waals surface area contributed by atoms with Crippen LogP contribution in [-0.4, -0.2) is 33.0 Å². The lowest BCUT2D eigenvalue weighted by Gasteiger charge is -2.22. The van der Waals surface area contributed by atoms with Gasteiger partial charge in [-0.3, -0.25) is 13.9 Å². The molecule has 0 spiro atoms. The fourth-order valence-electron chi connectivity index (χ4n) is 3.07. The smallest absolute Gasteiger partial charge is 0.253 e. The van der Waals surface area contributed by atoms with Crippen LogP contribution >= 0.6 is 23.2 Å². The largest absolute Gasteiger partial charge is 0.348 e. The van der Waals surface area contributed by atoms with Crippen molar-refractivity contribution in [3.8, 4) is 0 Å². The lowest BCUT2D eigenvalue weighted by molar-refractivity contribution is -0.114. The minimum atomic E-state index is -3.83. The molecule has 3 rings (SSSR count). The number of rotatable bonds is 8. The maximum absolute atomic E-state index is 12.8. The summed E-state index contributed by atoms with van der Waals surface area (Å²) in [6, 6.07) is 20.1. The van der Waals surface area contributed by atoms with Gasteiger partial charge in [-0.15, -0.1) is 0 Å². The van der Waals surface area contributed by atoms with Crippen LogP contribution in [0.15, 0.2) is 72.8 Å². The van der Waals surface area contributed by atoms with Crippen LogP contribution in [0.3, 0.4) is 0 Å². The van der Waals surface area contributed by atoms with E-state index in [1.807, 2.05) is 30.3 Å². The normalized spacial score (nSPS) is 11.0. The van der Waals surface area contributed by atoms with Crippen LogP contribution in [0.2, 0.25) is 10.0 Å². The maximum atomic E-state index is 12.8. The first-order valence-electron chi connectivity index (χ1n) is 9.78. The van der Waals surface area contributed by atoms with Crippen LogP contribution in [0, 0.1) is 0 Å². The van der Waals surface area contributed by atoms with Crippen LogP contribution in [0.5, 0.6) is 0 Å². The third kappa shape index (κ3) is 6.95. The number of anilines is 2. The first-order chi connectivity index (χ1) is 15.6. The molecule has 33 heavy (non-hydrogen) atoms. The van der Waals surface area contributed by atoms with Crippen LogP contribution < -0.4 is 14.9 Å². The average molecular weight is 506 g/mol. The topological polar surface area (TPSA) is 95.6 Å². The zero-order valence-corrected chi connectivity index (χ0v) is 19.9. The van der Waals surface area contributed by atoms with E-state index in [4.69, 9.17) is 23.2 Å². The average Bonchev–Trinajstić information content (AvgIpc) is 2.75. The standard InChI is InChI=1S/C23H21Cl2N3O4S/c1-33(31,32)28(19-12-17(24)11-18(25)13-19)15-22(29)27-21-10-6-5-9-20(21)23(30)26-14-16-7-3-2-4-8-16/h2-13H,14-15H2,1H3,(H,26,30)(H,27,29). The molecule has 0 aliphatic carbocycles. The summed E-state index contributed by atoms with van der Waals surface area (Å²) in [5, 5.41) is 5.88. The molecule has 0 aromatic heterocycles. The maximum Gasteiger partial charge on any atom is 0.253 e. The molecule has 0 unspecified atom stereocenters. The van der Waals surface area contributed by atoms with Crippen molar-refractivity contribution in [3.05, 3.63) is 94.0 Å². The van der Waals surface area contributed by atoms with Gasteiger partial charge in [0, 0.05) is 16.6 Å². The van der Waals surface area contributed by atoms with Crippen molar-refractivity contribution < 1.29 is 18.0 Å². The molecular formula is C23H21Cl2N3O4S. The highest BCUT2D eigenvalue weighted by Crippen LogP contribution is 2.27. The van der Waals surface area contributed by atoms with Gasteiger partial charge in [0.05, 0.1) is 23.2 Å². The zero-order chi connectivity index (χ0) is 24.0. The van der Waals surface area contributed by atoms with Gasteiger partial charge in [-0.2, -0.15) is 0 Å². The van der Waals surface area contributed by atoms with Gasteiger partial charge in [0.1, 0.15) is 6.54 Å². The molecule has 0 fully saturated rings. The number of halogens is 2. The lowest BCUT2D eigenvalue weighted by atomic mass is 10.1. The number of benzene rings is 3. The van der Waals surface area contributed by atoms with Gasteiger partial charge in [-0.05, 0) is 35.9 Å². The Kier molecular flexibility index (Phi) is 7.97. The van der Waals surface area contributed by atoms with Gasteiger partial charge < -0.3 is 10.6 Å². The molecule has 0 saturated heterocycles. The van der Waals surface area contributed by atoms with Crippen molar-refractivity contribution >= 4 is 56.4 Å². The number of para-hydroxylation sites is 1. The Labute approximate surface area is 202 Å². The summed E-state index contributed by atoms with van der Waals surface area (Å²) in [5.41, 5.74) is 1.58. The van der Waals surface area contributed by atoms with E-state index in [1.165, 1.54) is 18.2 Å². The summed E-state index contributed by atoms with van der Waals surface area (Å²) in [4.78, 5) is 25.5. The highest BCUT2D eigenvalue weighted by molar-refractivity contribution is 7.92. The highest BCUT2D eigenvalue weighted by Gasteiger charge is 2.23. The van der Waals surface area contributed by atoms with Gasteiger partial charge in [0.2, 0.25) is 15.9 Å². The van der Waals surface area contributed by atoms with Crippen LogP contribution in [0.4, 0.5) is 11.4 Å². The summed E-state index contributed by atoms with van der Waals surface area (Å²) >= 11 is 12.0. The molecule has 2 N–H and O–H groups in total. The Balaban J connectivity index is 1.76. The molecule has 3 aromatic carbocycles. The second kappa shape index (κ2) is 10.7. The molecule has 3 aromatic rings. The monoisotopic (exact) mass is 505 g/mol. The number of sulfonamides is 1. The van der Waals surface area contributed by atoms with Crippen molar-refractivity contribution in [1.82, 2.24) is 5.32 Å². The van der Waals surface area contributed by atoms with E-state index >= 15 is 0 Å². The van der Waals surface area contributed by atoms with Gasteiger partial charge in [0.15, 0.2) is 0 Å². The van der Waals surface area contributed by atoms with Crippen molar-refractivity contribution in [1.29, 1.82) is 0 Å². The van der Waals surface area contributed by atoms with Crippen LogP contribution in [0.25, 0.3) is 0 Å². The molecule has 0 aliphatic rings. The number of hydrogen-bond donors (Lipinski definition) is 2. The van der Waals surface area contributed by atoms with E-state index in [0.717, 1.165) is 16.1 Å². The minimum Gasteiger partial charge on any atom is -0.348 e. The summed E-state index contributed by atoms with van der Waals surface area (Å²) in [6.45, 7) is -0.213. The van der Waals surface area contributed by atoms with Gasteiger partial charge in [-0.1, -0.05) is 65.7 Å². The number of hydrogen-bond acceptors (Lipinski definition) is 4. The number of carbonyl (C=O) groups excluding carboxylic acids is 2. The first kappa shape index (κ1) is 24.6. The molecule has 0 heterocycles. The van der Waals surface area contributed by atoms with Crippen molar-refractivity contribution in [2.75, 3.05) is 22.4 Å². The molecule has 10 heteroatoms. The summed E-state index contributed by atoms with van der Waals surface area (Å²) in [7, 11) is -3.83. The Morgan fingerprint density at radius 2 is 1.52 bits per heavy atom. The second-order valence-electron chi connectivity index (χ2n) is 7.16. The third-order valence-corrected chi connectivity index (χ3v) is 6.14. The van der Waals surface area contributed by atoms with E-state index in [-0.39, 0.29) is 32.9 Å². The van der Waals surface area contributed by atoms with Gasteiger partial charge in [0.25, 0.3) is 5.91 Å². The fraction of sp³-hybridized carbons (Fsp3) is 0.130. The quantitative estimate of drug-likeness (QED) is 0.476. The van der Waals surface area contributed by atoms with Crippen molar-refractivity contribution in [2.24, 2.45) is 0 Å². The molecule has 2 amide bonds. The first-order valence-corrected chi connectivity index (χ1v) is 12.4. The van der Waals surface area contributed by atoms with E-state index in [1.54, 1.807) is 24.3 Å². The SMILES string of the molecule is CS(=O)(=O)N(CC(=O)Nc1ccccc1C(=O)NCc1ccccc1)c1cc(Cl)cc(Cl)c1. The number of amides is 2. The van der Waals surface area contributed by atoms with E-state index in [9.17, 15) is 18.0 Å². The number of carbonyl (C=O) groups is 2. The lowest BCUT2D eigenvalue weighted by Crippen LogP contribution is -2.37. The molecule has 0 aliphatic heterocycles. The zero-order valence-electron chi connectivity index (χ0n) is 17.6. The minimum absolute atomic E-state index is 0.152. The van der Waals surface area contributed by atoms with Crippen molar-refractivity contribution in [3.63, 3.8) is 0 Å². The summed E-state index contributed by atoms with van der Waals surface area (Å²) < 4.78 is 25.6. The molecule has 0 radical (unpaired) electrons. The predicted molar refractivity (Wildman–Crippen MR) is 131 cm³/mol. The van der Waals surface area contributed by atoms with Gasteiger partial charge >= 0.3 is 0 Å². The van der Waals surface area contributed by atoms with Crippen LogP contribution in [0.1, 0.15) is 15.9 Å². The molecule has 0 saturated carbocycles. The van der Waals surface area contributed by atoms with E-state index in [0.29, 0.717) is 6.54 Å². The van der Waals surface area contributed by atoms with Crippen LogP contribution in [-0.2, 0) is 21.4 Å². The molecule has 172 valence electrons. The summed E-state index contributed by atoms with van der Waals surface area (Å²) in [5.74, 6) is -1.02. The van der Waals surface area contributed by atoms with Gasteiger partial charge in [-0.25, -0.2) is 8.42 Å². The Bertz CT molecular complexity index is 1250. The fourth-order valence-corrected chi connectivity index (χ4v) is 4.42. The Morgan fingerprint density at radius 3 is 2.15 bits per heavy atom. The molecule has 0 atom stereocenters. The molecule has 0 bridgehead atoms. The molecule has 7 nitrogen and oxygen atoms in total. The number of nitrogens with one attached hydrogen (secondary N) is 2. The third-order valence-electron chi connectivity index (χ3n) is 4.56. The Hall–Kier alpha value is -3.07. The predicted octanol–water partition coefficient (Wildman–Crippen LogP) is 4.33. The van der Waals surface area contributed by atoms with E-state index < -0.39 is 22.5 Å². The second-order valence-corrected chi connectivity index (χ2v) is 9.94. The molecular weight excluding hydrogens is 485 g/mol. The summed E-state index contributed by atoms with van der Waals surface area (Å²) in [6.07, 6.45) is 0.972.